The minimum Gasteiger partial charge on any atom is -0.391 e. The molecule has 6 nitrogen and oxygen atoms in total. The standard InChI is InChI=1S/C14H20N4O2/c1-4-9(2)12(19)7-15-14(20)11-5-6-13-17-16-10(3)18(13)8-11/h5-6,8-9,12,19H,4,7H2,1-3H3,(H,15,20). The zero-order valence-electron chi connectivity index (χ0n) is 12.0. The highest BCUT2D eigenvalue weighted by Crippen LogP contribution is 2.08. The number of aliphatic hydroxyl groups excluding tert-OH is 1. The summed E-state index contributed by atoms with van der Waals surface area (Å²) in [5.41, 5.74) is 1.23. The minimum atomic E-state index is -0.524. The molecule has 2 N–H and O–H groups in total. The van der Waals surface area contributed by atoms with Gasteiger partial charge >= 0.3 is 0 Å². The molecule has 0 aliphatic rings. The van der Waals surface area contributed by atoms with Crippen molar-refractivity contribution in [2.45, 2.75) is 33.3 Å². The molecule has 108 valence electrons. The lowest BCUT2D eigenvalue weighted by molar-refractivity contribution is 0.0850. The van der Waals surface area contributed by atoms with Gasteiger partial charge in [-0.15, -0.1) is 10.2 Å². The molecule has 2 aromatic rings. The van der Waals surface area contributed by atoms with Crippen molar-refractivity contribution in [2.24, 2.45) is 5.92 Å². The van der Waals surface area contributed by atoms with Gasteiger partial charge in [0.25, 0.3) is 5.91 Å². The summed E-state index contributed by atoms with van der Waals surface area (Å²) in [6, 6.07) is 3.45. The monoisotopic (exact) mass is 276 g/mol. The highest BCUT2D eigenvalue weighted by molar-refractivity contribution is 5.94. The average molecular weight is 276 g/mol. The Morgan fingerprint density at radius 1 is 1.45 bits per heavy atom. The van der Waals surface area contributed by atoms with E-state index in [9.17, 15) is 9.90 Å². The molecule has 0 fully saturated rings. The van der Waals surface area contributed by atoms with E-state index in [4.69, 9.17) is 0 Å². The van der Waals surface area contributed by atoms with Crippen LogP contribution in [0.5, 0.6) is 0 Å². The van der Waals surface area contributed by atoms with Crippen molar-refractivity contribution in [2.75, 3.05) is 6.54 Å². The maximum atomic E-state index is 12.1. The lowest BCUT2D eigenvalue weighted by Gasteiger charge is -2.17. The first-order chi connectivity index (χ1) is 9.52. The van der Waals surface area contributed by atoms with Crippen LogP contribution in [0.25, 0.3) is 5.65 Å². The van der Waals surface area contributed by atoms with Gasteiger partial charge in [-0.2, -0.15) is 0 Å². The van der Waals surface area contributed by atoms with Crippen LogP contribution >= 0.6 is 0 Å². The maximum absolute atomic E-state index is 12.1. The molecule has 1 amide bonds. The van der Waals surface area contributed by atoms with Gasteiger partial charge in [-0.3, -0.25) is 9.20 Å². The van der Waals surface area contributed by atoms with Gasteiger partial charge in [0.2, 0.25) is 0 Å². The van der Waals surface area contributed by atoms with Crippen molar-refractivity contribution in [1.29, 1.82) is 0 Å². The normalized spacial score (nSPS) is 14.2. The van der Waals surface area contributed by atoms with Crippen LogP contribution < -0.4 is 5.32 Å². The molecule has 2 rings (SSSR count). The zero-order chi connectivity index (χ0) is 14.7. The van der Waals surface area contributed by atoms with Crippen LogP contribution in [0.3, 0.4) is 0 Å². The van der Waals surface area contributed by atoms with Crippen molar-refractivity contribution in [1.82, 2.24) is 19.9 Å². The number of aromatic nitrogens is 3. The van der Waals surface area contributed by atoms with Gasteiger partial charge in [-0.05, 0) is 25.0 Å². The topological polar surface area (TPSA) is 79.5 Å². The Morgan fingerprint density at radius 3 is 2.90 bits per heavy atom. The Hall–Kier alpha value is -1.95. The minimum absolute atomic E-state index is 0.165. The molecule has 0 saturated heterocycles. The zero-order valence-corrected chi connectivity index (χ0v) is 12.0. The molecule has 2 atom stereocenters. The highest BCUT2D eigenvalue weighted by atomic mass is 16.3. The number of aliphatic hydroxyl groups is 1. The van der Waals surface area contributed by atoms with E-state index in [1.807, 2.05) is 20.8 Å². The lowest BCUT2D eigenvalue weighted by atomic mass is 10.0. The van der Waals surface area contributed by atoms with Crippen LogP contribution in [0, 0.1) is 12.8 Å². The first-order valence-corrected chi connectivity index (χ1v) is 6.80. The maximum Gasteiger partial charge on any atom is 0.252 e. The SMILES string of the molecule is CCC(C)C(O)CNC(=O)c1ccc2nnc(C)n2c1. The summed E-state index contributed by atoms with van der Waals surface area (Å²) in [6.45, 7) is 6.06. The van der Waals surface area contributed by atoms with Crippen LogP contribution in [-0.4, -0.2) is 38.3 Å². The average Bonchev–Trinajstić information content (AvgIpc) is 2.84. The van der Waals surface area contributed by atoms with Crippen molar-refractivity contribution >= 4 is 11.6 Å². The number of nitrogens with zero attached hydrogens (tertiary/aromatic N) is 3. The van der Waals surface area contributed by atoms with E-state index in [0.29, 0.717) is 11.2 Å². The second-order valence-electron chi connectivity index (χ2n) is 5.06. The van der Waals surface area contributed by atoms with Gasteiger partial charge in [-0.25, -0.2) is 0 Å². The highest BCUT2D eigenvalue weighted by Gasteiger charge is 2.14. The molecule has 0 aromatic carbocycles. The number of aryl methyl sites for hydroxylation is 1. The van der Waals surface area contributed by atoms with Gasteiger partial charge in [-0.1, -0.05) is 20.3 Å². The molecule has 0 radical (unpaired) electrons. The molecular formula is C14H20N4O2. The summed E-state index contributed by atoms with van der Waals surface area (Å²) >= 11 is 0. The molecular weight excluding hydrogens is 256 g/mol. The second kappa shape index (κ2) is 6.00. The molecule has 0 saturated carbocycles. The Kier molecular flexibility index (Phi) is 4.34. The predicted octanol–water partition coefficient (Wildman–Crippen LogP) is 1.17. The van der Waals surface area contributed by atoms with E-state index in [0.717, 1.165) is 12.2 Å². The largest absolute Gasteiger partial charge is 0.391 e. The molecule has 0 aliphatic heterocycles. The quantitative estimate of drug-likeness (QED) is 0.859. The summed E-state index contributed by atoms with van der Waals surface area (Å²) in [5.74, 6) is 0.689. The first kappa shape index (κ1) is 14.5. The second-order valence-corrected chi connectivity index (χ2v) is 5.06. The fourth-order valence-corrected chi connectivity index (χ4v) is 1.91. The molecule has 0 aliphatic carbocycles. The summed E-state index contributed by atoms with van der Waals surface area (Å²) in [4.78, 5) is 12.1. The van der Waals surface area contributed by atoms with E-state index in [1.165, 1.54) is 0 Å². The number of fused-ring (bicyclic) bond motifs is 1. The van der Waals surface area contributed by atoms with E-state index in [-0.39, 0.29) is 18.4 Å². The number of rotatable bonds is 5. The van der Waals surface area contributed by atoms with Gasteiger partial charge < -0.3 is 10.4 Å². The van der Waals surface area contributed by atoms with Crippen LogP contribution in [0.1, 0.15) is 36.5 Å². The molecule has 2 heterocycles. The van der Waals surface area contributed by atoms with Gasteiger partial charge in [0.05, 0.1) is 11.7 Å². The van der Waals surface area contributed by atoms with Crippen LogP contribution in [0.2, 0.25) is 0 Å². The summed E-state index contributed by atoms with van der Waals surface area (Å²) in [6.07, 6.45) is 2.06. The summed E-state index contributed by atoms with van der Waals surface area (Å²) in [7, 11) is 0. The Labute approximate surface area is 117 Å². The third kappa shape index (κ3) is 2.96. The first-order valence-electron chi connectivity index (χ1n) is 6.80. The molecule has 6 heteroatoms. The third-order valence-corrected chi connectivity index (χ3v) is 3.61. The molecule has 20 heavy (non-hydrogen) atoms. The van der Waals surface area contributed by atoms with E-state index < -0.39 is 6.10 Å². The van der Waals surface area contributed by atoms with Gasteiger partial charge in [0, 0.05) is 12.7 Å². The number of amides is 1. The van der Waals surface area contributed by atoms with Crippen LogP contribution in [0.15, 0.2) is 18.3 Å². The van der Waals surface area contributed by atoms with Crippen LogP contribution in [0.4, 0.5) is 0 Å². The lowest BCUT2D eigenvalue weighted by Crippen LogP contribution is -2.35. The van der Waals surface area contributed by atoms with Gasteiger partial charge in [0.1, 0.15) is 5.82 Å². The number of pyridine rings is 1. The molecule has 0 spiro atoms. The number of hydrogen-bond donors (Lipinski definition) is 2. The summed E-state index contributed by atoms with van der Waals surface area (Å²) in [5, 5.41) is 20.5. The van der Waals surface area contributed by atoms with Crippen molar-refractivity contribution in [3.8, 4) is 0 Å². The van der Waals surface area contributed by atoms with E-state index in [2.05, 4.69) is 15.5 Å². The number of carbonyl (C=O) groups is 1. The molecule has 0 bridgehead atoms. The fourth-order valence-electron chi connectivity index (χ4n) is 1.91. The molecule has 2 aromatic heterocycles. The van der Waals surface area contributed by atoms with E-state index in [1.54, 1.807) is 22.7 Å². The summed E-state index contributed by atoms with van der Waals surface area (Å²) < 4.78 is 1.76. The Bertz CT molecular complexity index is 608. The predicted molar refractivity (Wildman–Crippen MR) is 75.5 cm³/mol. The Morgan fingerprint density at radius 2 is 2.20 bits per heavy atom. The number of nitrogens with one attached hydrogen (secondary N) is 1. The van der Waals surface area contributed by atoms with E-state index >= 15 is 0 Å². The Balaban J connectivity index is 2.05. The number of hydrogen-bond acceptors (Lipinski definition) is 4. The third-order valence-electron chi connectivity index (χ3n) is 3.61. The smallest absolute Gasteiger partial charge is 0.252 e. The van der Waals surface area contributed by atoms with Crippen LogP contribution in [-0.2, 0) is 0 Å². The number of carbonyl (C=O) groups excluding carboxylic acids is 1. The fraction of sp³-hybridized carbons (Fsp3) is 0.500. The molecule has 2 unspecified atom stereocenters. The van der Waals surface area contributed by atoms with Crippen molar-refractivity contribution in [3.05, 3.63) is 29.7 Å². The van der Waals surface area contributed by atoms with Crippen molar-refractivity contribution < 1.29 is 9.90 Å². The van der Waals surface area contributed by atoms with Gasteiger partial charge in [0.15, 0.2) is 5.65 Å². The van der Waals surface area contributed by atoms with Crippen molar-refractivity contribution in [3.63, 3.8) is 0 Å².